The third-order valence-corrected chi connectivity index (χ3v) is 2.92. The minimum atomic E-state index is -0.0298. The number of halogens is 1. The number of rotatable bonds is 1. The molecular formula is C8H13IO2. The Morgan fingerprint density at radius 1 is 1.45 bits per heavy atom. The third-order valence-electron chi connectivity index (χ3n) is 2.49. The van der Waals surface area contributed by atoms with E-state index in [9.17, 15) is 4.79 Å². The molecule has 1 aliphatic carbocycles. The first-order valence-corrected chi connectivity index (χ1v) is 4.96. The van der Waals surface area contributed by atoms with E-state index in [2.05, 4.69) is 6.92 Å². The lowest BCUT2D eigenvalue weighted by atomic mass is 9.81. The topological polar surface area (TPSA) is 26.3 Å². The van der Waals surface area contributed by atoms with E-state index in [0.29, 0.717) is 5.92 Å². The Balaban J connectivity index is 2.47. The van der Waals surface area contributed by atoms with Gasteiger partial charge in [0.1, 0.15) is 0 Å². The number of carbonyl (C=O) groups excluding carboxylic acids is 1. The predicted molar refractivity (Wildman–Crippen MR) is 51.2 cm³/mol. The summed E-state index contributed by atoms with van der Waals surface area (Å²) in [5.41, 5.74) is 0. The maximum atomic E-state index is 11.1. The number of hydrogen-bond acceptors (Lipinski definition) is 2. The van der Waals surface area contributed by atoms with Crippen molar-refractivity contribution in [3.05, 3.63) is 0 Å². The molecule has 1 fully saturated rings. The van der Waals surface area contributed by atoms with Crippen LogP contribution in [0.25, 0.3) is 0 Å². The maximum Gasteiger partial charge on any atom is 0.318 e. The maximum absolute atomic E-state index is 11.1. The second kappa shape index (κ2) is 4.28. The van der Waals surface area contributed by atoms with Crippen LogP contribution in [0.1, 0.15) is 32.6 Å². The van der Waals surface area contributed by atoms with E-state index in [4.69, 9.17) is 3.07 Å². The van der Waals surface area contributed by atoms with Gasteiger partial charge >= 0.3 is 5.97 Å². The molecule has 0 bridgehead atoms. The average Bonchev–Trinajstić information content (AvgIpc) is 2.04. The van der Waals surface area contributed by atoms with Crippen molar-refractivity contribution in [3.8, 4) is 0 Å². The Bertz CT molecular complexity index is 147. The molecule has 0 N–H and O–H groups in total. The summed E-state index contributed by atoms with van der Waals surface area (Å²) in [6.45, 7) is 2.14. The van der Waals surface area contributed by atoms with Gasteiger partial charge in [0.15, 0.2) is 23.0 Å². The van der Waals surface area contributed by atoms with Crippen LogP contribution in [0, 0.1) is 11.8 Å². The van der Waals surface area contributed by atoms with E-state index in [1.54, 1.807) is 23.0 Å². The zero-order valence-electron chi connectivity index (χ0n) is 6.68. The van der Waals surface area contributed by atoms with E-state index in [0.717, 1.165) is 6.42 Å². The molecule has 0 aromatic carbocycles. The Kier molecular flexibility index (Phi) is 3.62. The van der Waals surface area contributed by atoms with Crippen LogP contribution >= 0.6 is 23.0 Å². The molecule has 3 heteroatoms. The summed E-state index contributed by atoms with van der Waals surface area (Å²) in [5.74, 6) is 0.657. The summed E-state index contributed by atoms with van der Waals surface area (Å²) >= 11 is 1.68. The van der Waals surface area contributed by atoms with E-state index < -0.39 is 0 Å². The molecule has 0 amide bonds. The smallest absolute Gasteiger partial charge is 0.318 e. The van der Waals surface area contributed by atoms with E-state index in [-0.39, 0.29) is 11.9 Å². The van der Waals surface area contributed by atoms with Crippen molar-refractivity contribution in [3.63, 3.8) is 0 Å². The van der Waals surface area contributed by atoms with Gasteiger partial charge in [-0.05, 0) is 18.8 Å². The van der Waals surface area contributed by atoms with Gasteiger partial charge in [-0.1, -0.05) is 19.8 Å². The van der Waals surface area contributed by atoms with Gasteiger partial charge in [-0.15, -0.1) is 0 Å². The second-order valence-corrected chi connectivity index (χ2v) is 3.70. The first kappa shape index (κ1) is 9.29. The zero-order chi connectivity index (χ0) is 8.27. The number of hydrogen-bond donors (Lipinski definition) is 0. The van der Waals surface area contributed by atoms with Crippen molar-refractivity contribution in [2.75, 3.05) is 0 Å². The van der Waals surface area contributed by atoms with Crippen molar-refractivity contribution >= 4 is 29.0 Å². The Hall–Kier alpha value is 0.200. The minimum absolute atomic E-state index is 0.0298. The molecule has 1 aliphatic rings. The normalized spacial score (nSPS) is 31.5. The van der Waals surface area contributed by atoms with E-state index >= 15 is 0 Å². The predicted octanol–water partition coefficient (Wildman–Crippen LogP) is 2.71. The first-order valence-electron chi connectivity index (χ1n) is 4.08. The summed E-state index contributed by atoms with van der Waals surface area (Å²) in [6, 6.07) is 0. The third kappa shape index (κ3) is 2.32. The first-order chi connectivity index (χ1) is 5.25. The fourth-order valence-corrected chi connectivity index (χ4v) is 2.05. The standard InChI is InChI=1S/C8H13IO2/c1-6-4-2-3-5-7(6)8(10)11-9/h6-7H,2-5H2,1H3/t6-,7-/m1/s1. The summed E-state index contributed by atoms with van der Waals surface area (Å²) in [7, 11) is 0. The minimum Gasteiger partial charge on any atom is -0.394 e. The quantitative estimate of drug-likeness (QED) is 0.683. The van der Waals surface area contributed by atoms with Gasteiger partial charge in [0.25, 0.3) is 0 Å². The molecule has 0 radical (unpaired) electrons. The molecular weight excluding hydrogens is 255 g/mol. The summed E-state index contributed by atoms with van der Waals surface area (Å²) in [4.78, 5) is 11.1. The van der Waals surface area contributed by atoms with Gasteiger partial charge in [-0.3, -0.25) is 4.79 Å². The highest BCUT2D eigenvalue weighted by atomic mass is 127. The molecule has 2 nitrogen and oxygen atoms in total. The highest BCUT2D eigenvalue weighted by Gasteiger charge is 2.28. The molecule has 0 aromatic heterocycles. The van der Waals surface area contributed by atoms with Gasteiger partial charge in [-0.2, -0.15) is 0 Å². The highest BCUT2D eigenvalue weighted by molar-refractivity contribution is 14.1. The van der Waals surface area contributed by atoms with Gasteiger partial charge in [0.2, 0.25) is 0 Å². The van der Waals surface area contributed by atoms with Crippen molar-refractivity contribution < 1.29 is 7.86 Å². The average molecular weight is 268 g/mol. The van der Waals surface area contributed by atoms with Gasteiger partial charge in [0.05, 0.1) is 5.92 Å². The molecule has 11 heavy (non-hydrogen) atoms. The van der Waals surface area contributed by atoms with Crippen LogP contribution in [0.4, 0.5) is 0 Å². The van der Waals surface area contributed by atoms with Crippen molar-refractivity contribution in [1.29, 1.82) is 0 Å². The molecule has 0 aromatic rings. The van der Waals surface area contributed by atoms with Gasteiger partial charge in [0, 0.05) is 0 Å². The van der Waals surface area contributed by atoms with Crippen LogP contribution in [-0.4, -0.2) is 5.97 Å². The Labute approximate surface area is 81.4 Å². The van der Waals surface area contributed by atoms with Crippen LogP contribution in [0.3, 0.4) is 0 Å². The number of carbonyl (C=O) groups is 1. The molecule has 2 atom stereocenters. The van der Waals surface area contributed by atoms with E-state index in [1.807, 2.05) is 0 Å². The molecule has 0 unspecified atom stereocenters. The van der Waals surface area contributed by atoms with Crippen LogP contribution < -0.4 is 0 Å². The molecule has 1 saturated carbocycles. The summed E-state index contributed by atoms with van der Waals surface area (Å²) < 4.78 is 4.69. The molecule has 1 rings (SSSR count). The van der Waals surface area contributed by atoms with Crippen molar-refractivity contribution in [1.82, 2.24) is 0 Å². The lowest BCUT2D eigenvalue weighted by Crippen LogP contribution is -2.25. The van der Waals surface area contributed by atoms with Crippen molar-refractivity contribution in [2.24, 2.45) is 11.8 Å². The van der Waals surface area contributed by atoms with Crippen LogP contribution in [-0.2, 0) is 7.86 Å². The zero-order valence-corrected chi connectivity index (χ0v) is 8.84. The van der Waals surface area contributed by atoms with Crippen LogP contribution in [0.5, 0.6) is 0 Å². The van der Waals surface area contributed by atoms with Crippen LogP contribution in [0.2, 0.25) is 0 Å². The van der Waals surface area contributed by atoms with E-state index in [1.165, 1.54) is 19.3 Å². The fourth-order valence-electron chi connectivity index (χ4n) is 1.72. The fraction of sp³-hybridized carbons (Fsp3) is 0.875. The lowest BCUT2D eigenvalue weighted by Gasteiger charge is -2.25. The highest BCUT2D eigenvalue weighted by Crippen LogP contribution is 2.30. The van der Waals surface area contributed by atoms with Gasteiger partial charge < -0.3 is 3.07 Å². The van der Waals surface area contributed by atoms with Gasteiger partial charge in [-0.25, -0.2) is 0 Å². The summed E-state index contributed by atoms with van der Waals surface area (Å²) in [6.07, 6.45) is 4.65. The summed E-state index contributed by atoms with van der Waals surface area (Å²) in [5, 5.41) is 0. The molecule has 0 spiro atoms. The molecule has 0 saturated heterocycles. The SMILES string of the molecule is C[C@@H]1CCCC[C@H]1C(=O)OI. The monoisotopic (exact) mass is 268 g/mol. The lowest BCUT2D eigenvalue weighted by molar-refractivity contribution is -0.138. The van der Waals surface area contributed by atoms with Crippen molar-refractivity contribution in [2.45, 2.75) is 32.6 Å². The Morgan fingerprint density at radius 3 is 2.64 bits per heavy atom. The second-order valence-electron chi connectivity index (χ2n) is 3.26. The van der Waals surface area contributed by atoms with Crippen LogP contribution in [0.15, 0.2) is 0 Å². The molecule has 64 valence electrons. The largest absolute Gasteiger partial charge is 0.394 e. The Morgan fingerprint density at radius 2 is 2.09 bits per heavy atom. The molecule has 0 heterocycles. The molecule has 0 aliphatic heterocycles.